The molecule has 4 aromatic rings. The van der Waals surface area contributed by atoms with E-state index < -0.39 is 17.0 Å². The number of rotatable bonds is 19. The van der Waals surface area contributed by atoms with E-state index in [0.29, 0.717) is 18.6 Å². The molecule has 45 heavy (non-hydrogen) atoms. The number of hydrogen-bond acceptors (Lipinski definition) is 7. The minimum atomic E-state index is -1.84. The number of nitrogens with zero attached hydrogens (tertiary/aromatic N) is 1. The molecule has 0 amide bonds. The zero-order valence-electron chi connectivity index (χ0n) is 26.7. The molecule has 0 bridgehead atoms. The first-order chi connectivity index (χ1) is 21.7. The fraction of sp³-hybridized carbons (Fsp3) is 0.417. The predicted molar refractivity (Wildman–Crippen MR) is 182 cm³/mol. The van der Waals surface area contributed by atoms with Crippen molar-refractivity contribution >= 4 is 34.3 Å². The minimum Gasteiger partial charge on any atom is -0.479 e. The molecule has 4 rings (SSSR count). The highest BCUT2D eigenvalue weighted by molar-refractivity contribution is 7.98. The number of H-pyrrole nitrogens is 1. The van der Waals surface area contributed by atoms with E-state index in [9.17, 15) is 14.7 Å². The maximum absolute atomic E-state index is 13.6. The third-order valence-corrected chi connectivity index (χ3v) is 9.43. The van der Waals surface area contributed by atoms with Crippen LogP contribution in [0.4, 0.5) is 0 Å². The highest BCUT2D eigenvalue weighted by atomic mass is 32.2. The van der Waals surface area contributed by atoms with E-state index in [1.807, 2.05) is 54.9 Å². The van der Waals surface area contributed by atoms with Gasteiger partial charge in [-0.1, -0.05) is 93.1 Å². The number of aromatic amines is 1. The summed E-state index contributed by atoms with van der Waals surface area (Å²) < 4.78 is 0. The van der Waals surface area contributed by atoms with Gasteiger partial charge in [0.15, 0.2) is 11.3 Å². The maximum atomic E-state index is 13.6. The lowest BCUT2D eigenvalue weighted by Gasteiger charge is -2.37. The van der Waals surface area contributed by atoms with Gasteiger partial charge >= 0.3 is 5.97 Å². The molecule has 0 aliphatic heterocycles. The summed E-state index contributed by atoms with van der Waals surface area (Å²) in [4.78, 5) is 40.0. The van der Waals surface area contributed by atoms with Crippen LogP contribution in [0.1, 0.15) is 56.9 Å². The minimum absolute atomic E-state index is 0.0950. The quantitative estimate of drug-likeness (QED) is 0.0702. The molecule has 4 N–H and O–H groups in total. The lowest BCUT2D eigenvalue weighted by molar-refractivity contribution is -0.160. The largest absolute Gasteiger partial charge is 0.479 e. The second-order valence-electron chi connectivity index (χ2n) is 12.1. The lowest BCUT2D eigenvalue weighted by atomic mass is 9.86. The molecule has 1 heterocycles. The van der Waals surface area contributed by atoms with Gasteiger partial charge in [0.1, 0.15) is 0 Å². The van der Waals surface area contributed by atoms with Crippen molar-refractivity contribution in [3.63, 3.8) is 0 Å². The van der Waals surface area contributed by atoms with Gasteiger partial charge in [-0.05, 0) is 66.0 Å². The molecule has 8 nitrogen and oxygen atoms in total. The molecule has 0 saturated heterocycles. The fourth-order valence-electron chi connectivity index (χ4n) is 5.72. The monoisotopic (exact) mass is 630 g/mol. The predicted octanol–water partition coefficient (Wildman–Crippen LogP) is 6.32. The first kappa shape index (κ1) is 34.4. The number of nitrogens with one attached hydrogen (secondary N) is 3. The second-order valence-corrected chi connectivity index (χ2v) is 13.1. The Hall–Kier alpha value is -3.50. The van der Waals surface area contributed by atoms with E-state index in [4.69, 9.17) is 4.84 Å². The molecular weight excluding hydrogens is 584 g/mol. The van der Waals surface area contributed by atoms with Crippen molar-refractivity contribution in [1.29, 1.82) is 0 Å². The number of carboxylic acids is 1. The Labute approximate surface area is 270 Å². The van der Waals surface area contributed by atoms with Crippen LogP contribution >= 0.6 is 11.8 Å². The van der Waals surface area contributed by atoms with Gasteiger partial charge in [-0.25, -0.2) is 9.78 Å². The van der Waals surface area contributed by atoms with Crippen LogP contribution in [0, 0.1) is 5.92 Å². The van der Waals surface area contributed by atoms with Gasteiger partial charge < -0.3 is 15.4 Å². The number of carbonyl (C=O) groups excluding carboxylic acids is 1. The van der Waals surface area contributed by atoms with Gasteiger partial charge in [-0.2, -0.15) is 17.2 Å². The number of benzene rings is 3. The van der Waals surface area contributed by atoms with Crippen LogP contribution in [0.15, 0.2) is 85.3 Å². The smallest absolute Gasteiger partial charge is 0.333 e. The molecule has 0 fully saturated rings. The van der Waals surface area contributed by atoms with Crippen LogP contribution < -0.4 is 10.8 Å². The van der Waals surface area contributed by atoms with Crippen LogP contribution in [-0.4, -0.2) is 57.0 Å². The van der Waals surface area contributed by atoms with Gasteiger partial charge in [-0.3, -0.25) is 9.63 Å². The zero-order chi connectivity index (χ0) is 32.3. The van der Waals surface area contributed by atoms with E-state index in [1.165, 1.54) is 28.1 Å². The SMILES string of the molecule is CC[C@H](C)C(CON[C@](CCSC)(C(=O)O)C(=O)CCc1ccccc1)NC(C)(Cc1ccc2ccccc2c1)c1cnc[nH]1. The summed E-state index contributed by atoms with van der Waals surface area (Å²) in [5.74, 6) is -0.929. The molecule has 3 aromatic carbocycles. The van der Waals surface area contributed by atoms with Gasteiger partial charge in [0.2, 0.25) is 0 Å². The first-order valence-electron chi connectivity index (χ1n) is 15.6. The van der Waals surface area contributed by atoms with E-state index >= 15 is 0 Å². The van der Waals surface area contributed by atoms with Crippen LogP contribution in [0.2, 0.25) is 0 Å². The number of carbonyl (C=O) groups is 2. The van der Waals surface area contributed by atoms with Crippen molar-refractivity contribution in [1.82, 2.24) is 20.8 Å². The Bertz CT molecular complexity index is 1520. The molecule has 0 aliphatic carbocycles. The van der Waals surface area contributed by atoms with Crippen LogP contribution in [-0.2, 0) is 32.8 Å². The van der Waals surface area contributed by atoms with Crippen molar-refractivity contribution < 1.29 is 19.5 Å². The number of Topliss-reactive ketones (excluding diaryl/α,β-unsaturated/α-hetero) is 1. The number of ketones is 1. The molecule has 0 saturated carbocycles. The Kier molecular flexibility index (Phi) is 12.4. The number of aliphatic carboxylic acids is 1. The molecule has 2 unspecified atom stereocenters. The summed E-state index contributed by atoms with van der Waals surface area (Å²) in [5, 5.41) is 16.6. The summed E-state index contributed by atoms with van der Waals surface area (Å²) in [6.07, 6.45) is 7.66. The van der Waals surface area contributed by atoms with Crippen molar-refractivity contribution in [2.24, 2.45) is 5.92 Å². The van der Waals surface area contributed by atoms with Crippen molar-refractivity contribution in [2.75, 3.05) is 18.6 Å². The number of imidazole rings is 1. The number of aromatic nitrogens is 2. The summed E-state index contributed by atoms with van der Waals surface area (Å²) in [6, 6.07) is 24.3. The van der Waals surface area contributed by atoms with Gasteiger partial charge in [0.05, 0.1) is 24.2 Å². The number of aryl methyl sites for hydroxylation is 1. The molecular formula is C36H46N4O4S. The third-order valence-electron chi connectivity index (χ3n) is 8.81. The average molecular weight is 631 g/mol. The maximum Gasteiger partial charge on any atom is 0.333 e. The van der Waals surface area contributed by atoms with E-state index in [0.717, 1.165) is 17.7 Å². The van der Waals surface area contributed by atoms with Crippen LogP contribution in [0.5, 0.6) is 0 Å². The highest BCUT2D eigenvalue weighted by Gasteiger charge is 2.46. The molecule has 0 radical (unpaired) electrons. The molecule has 0 aliphatic rings. The molecule has 1 aromatic heterocycles. The number of hydroxylamine groups is 1. The molecule has 0 spiro atoms. The van der Waals surface area contributed by atoms with Gasteiger partial charge in [0.25, 0.3) is 0 Å². The normalized spacial score (nSPS) is 15.6. The van der Waals surface area contributed by atoms with Crippen LogP contribution in [0.3, 0.4) is 0 Å². The molecule has 9 heteroatoms. The first-order valence-corrected chi connectivity index (χ1v) is 17.0. The van der Waals surface area contributed by atoms with E-state index in [1.54, 1.807) is 6.33 Å². The summed E-state index contributed by atoms with van der Waals surface area (Å²) >= 11 is 1.50. The lowest BCUT2D eigenvalue weighted by Crippen LogP contribution is -2.60. The number of thioether (sulfide) groups is 1. The van der Waals surface area contributed by atoms with Crippen LogP contribution in [0.25, 0.3) is 10.8 Å². The van der Waals surface area contributed by atoms with Gasteiger partial charge in [0, 0.05) is 18.7 Å². The molecule has 4 atom stereocenters. The number of hydrogen-bond donors (Lipinski definition) is 4. The number of carboxylic acid groups (broad SMARTS) is 1. The van der Waals surface area contributed by atoms with Crippen molar-refractivity contribution in [3.05, 3.63) is 102 Å². The Morgan fingerprint density at radius 2 is 1.78 bits per heavy atom. The summed E-state index contributed by atoms with van der Waals surface area (Å²) in [6.45, 7) is 6.58. The topological polar surface area (TPSA) is 116 Å². The fourth-order valence-corrected chi connectivity index (χ4v) is 6.23. The Morgan fingerprint density at radius 3 is 2.44 bits per heavy atom. The van der Waals surface area contributed by atoms with E-state index in [2.05, 4.69) is 71.9 Å². The third kappa shape index (κ3) is 8.82. The van der Waals surface area contributed by atoms with Gasteiger partial charge in [-0.15, -0.1) is 0 Å². The average Bonchev–Trinajstić information content (AvgIpc) is 3.61. The Balaban J connectivity index is 1.53. The summed E-state index contributed by atoms with van der Waals surface area (Å²) in [7, 11) is 0. The van der Waals surface area contributed by atoms with Crippen molar-refractivity contribution in [2.45, 2.75) is 70.0 Å². The molecule has 240 valence electrons. The number of fused-ring (bicyclic) bond motifs is 1. The highest BCUT2D eigenvalue weighted by Crippen LogP contribution is 2.28. The summed E-state index contributed by atoms with van der Waals surface area (Å²) in [5.41, 5.74) is 3.50. The van der Waals surface area contributed by atoms with Crippen molar-refractivity contribution in [3.8, 4) is 0 Å². The standard InChI is InChI=1S/C36H46N4O4S/c1-5-26(2)31(24-44-40-36(34(42)43,19-20-45-4)33(41)18-16-27-11-7-6-8-12-27)39-35(3,32-23-37-25-38-32)22-28-15-17-29-13-9-10-14-30(29)21-28/h6-15,17,21,23,25-26,31,39-40H,5,16,18-20,22,24H2,1-4H3,(H,37,38)(H,42,43)/t26-,31?,35?,36-/m0/s1. The second kappa shape index (κ2) is 16.2. The van der Waals surface area contributed by atoms with E-state index in [-0.39, 0.29) is 37.2 Å². The zero-order valence-corrected chi connectivity index (χ0v) is 27.5. The Morgan fingerprint density at radius 1 is 1.04 bits per heavy atom.